The molecule has 2 rings (SSSR count). The lowest BCUT2D eigenvalue weighted by Gasteiger charge is -2.40. The first kappa shape index (κ1) is 12.8. The average Bonchev–Trinajstić information content (AvgIpc) is 2.54. The minimum absolute atomic E-state index is 0.123. The highest BCUT2D eigenvalue weighted by atomic mass is 16.2. The summed E-state index contributed by atoms with van der Waals surface area (Å²) in [4.78, 5) is 14.4. The van der Waals surface area contributed by atoms with Crippen LogP contribution in [0.3, 0.4) is 0 Å². The molecule has 2 aliphatic heterocycles. The molecule has 0 aliphatic carbocycles. The van der Waals surface area contributed by atoms with Crippen LogP contribution < -0.4 is 10.6 Å². The van der Waals surface area contributed by atoms with Crippen LogP contribution in [0.2, 0.25) is 0 Å². The topological polar surface area (TPSA) is 44.4 Å². The van der Waals surface area contributed by atoms with Crippen LogP contribution in [-0.2, 0) is 4.79 Å². The first-order valence-corrected chi connectivity index (χ1v) is 6.91. The van der Waals surface area contributed by atoms with Gasteiger partial charge in [0.15, 0.2) is 0 Å². The van der Waals surface area contributed by atoms with E-state index in [2.05, 4.69) is 22.5 Å². The number of carbonyl (C=O) groups excluding carboxylic acids is 1. The largest absolute Gasteiger partial charge is 0.355 e. The maximum absolute atomic E-state index is 12.0. The van der Waals surface area contributed by atoms with Crippen molar-refractivity contribution in [3.63, 3.8) is 0 Å². The smallest absolute Gasteiger partial charge is 0.237 e. The number of likely N-dealkylation sites (tertiary alicyclic amines) is 1. The van der Waals surface area contributed by atoms with Gasteiger partial charge in [-0.15, -0.1) is 0 Å². The molecule has 98 valence electrons. The Hall–Kier alpha value is -0.610. The van der Waals surface area contributed by atoms with Gasteiger partial charge >= 0.3 is 0 Å². The minimum atomic E-state index is 0.123. The Labute approximate surface area is 104 Å². The van der Waals surface area contributed by atoms with Crippen LogP contribution in [0, 0.1) is 5.92 Å². The van der Waals surface area contributed by atoms with Crippen molar-refractivity contribution in [3.8, 4) is 0 Å². The van der Waals surface area contributed by atoms with E-state index in [1.54, 1.807) is 0 Å². The molecular weight excluding hydrogens is 214 g/mol. The molecule has 17 heavy (non-hydrogen) atoms. The van der Waals surface area contributed by atoms with Gasteiger partial charge in [-0.05, 0) is 38.6 Å². The summed E-state index contributed by atoms with van der Waals surface area (Å²) in [5, 5.41) is 6.41. The van der Waals surface area contributed by atoms with Crippen molar-refractivity contribution in [1.82, 2.24) is 15.5 Å². The van der Waals surface area contributed by atoms with Gasteiger partial charge in [0.25, 0.3) is 0 Å². The zero-order valence-electron chi connectivity index (χ0n) is 11.0. The lowest BCUT2D eigenvalue weighted by Crippen LogP contribution is -2.54. The molecule has 0 spiro atoms. The fraction of sp³-hybridized carbons (Fsp3) is 0.923. The number of piperidine rings is 1. The van der Waals surface area contributed by atoms with Crippen molar-refractivity contribution in [2.24, 2.45) is 5.92 Å². The third kappa shape index (κ3) is 2.99. The third-order valence-electron chi connectivity index (χ3n) is 4.25. The molecule has 3 unspecified atom stereocenters. The standard InChI is InChI=1S/C13H25N3O/c1-10-9-16(8-6-11(10)14-2)12-5-3-4-7-15-13(12)17/h10-12,14H,3-9H2,1-2H3,(H,15,17). The highest BCUT2D eigenvalue weighted by molar-refractivity contribution is 5.81. The molecule has 2 aliphatic rings. The molecule has 0 aromatic carbocycles. The number of hydrogen-bond acceptors (Lipinski definition) is 3. The van der Waals surface area contributed by atoms with Gasteiger partial charge in [0, 0.05) is 25.7 Å². The van der Waals surface area contributed by atoms with Crippen molar-refractivity contribution < 1.29 is 4.79 Å². The van der Waals surface area contributed by atoms with E-state index in [4.69, 9.17) is 0 Å². The first-order valence-electron chi connectivity index (χ1n) is 6.91. The van der Waals surface area contributed by atoms with Crippen molar-refractivity contribution in [1.29, 1.82) is 0 Å². The highest BCUT2D eigenvalue weighted by Gasteiger charge is 2.32. The maximum Gasteiger partial charge on any atom is 0.237 e. The van der Waals surface area contributed by atoms with Crippen molar-refractivity contribution in [2.75, 3.05) is 26.7 Å². The summed E-state index contributed by atoms with van der Waals surface area (Å²) < 4.78 is 0. The summed E-state index contributed by atoms with van der Waals surface area (Å²) in [6.45, 7) is 5.23. The van der Waals surface area contributed by atoms with Crippen LogP contribution in [-0.4, -0.2) is 49.6 Å². The van der Waals surface area contributed by atoms with Crippen LogP contribution in [0.25, 0.3) is 0 Å². The predicted molar refractivity (Wildman–Crippen MR) is 68.9 cm³/mol. The van der Waals surface area contributed by atoms with Crippen LogP contribution in [0.5, 0.6) is 0 Å². The Balaban J connectivity index is 1.95. The fourth-order valence-electron chi connectivity index (χ4n) is 3.16. The van der Waals surface area contributed by atoms with Crippen molar-refractivity contribution in [3.05, 3.63) is 0 Å². The average molecular weight is 239 g/mol. The van der Waals surface area contributed by atoms with Gasteiger partial charge in [-0.3, -0.25) is 9.69 Å². The summed E-state index contributed by atoms with van der Waals surface area (Å²) in [5.74, 6) is 0.877. The summed E-state index contributed by atoms with van der Waals surface area (Å²) in [7, 11) is 2.04. The fourth-order valence-corrected chi connectivity index (χ4v) is 3.16. The number of nitrogens with zero attached hydrogens (tertiary/aromatic N) is 1. The van der Waals surface area contributed by atoms with E-state index in [1.807, 2.05) is 7.05 Å². The highest BCUT2D eigenvalue weighted by Crippen LogP contribution is 2.21. The Bertz CT molecular complexity index is 269. The van der Waals surface area contributed by atoms with E-state index in [-0.39, 0.29) is 11.9 Å². The van der Waals surface area contributed by atoms with Gasteiger partial charge in [0.1, 0.15) is 0 Å². The van der Waals surface area contributed by atoms with Gasteiger partial charge in [-0.2, -0.15) is 0 Å². The molecule has 2 saturated heterocycles. The molecule has 1 amide bonds. The van der Waals surface area contributed by atoms with E-state index >= 15 is 0 Å². The van der Waals surface area contributed by atoms with Crippen LogP contribution in [0.4, 0.5) is 0 Å². The summed E-state index contributed by atoms with van der Waals surface area (Å²) in [5.41, 5.74) is 0. The zero-order valence-corrected chi connectivity index (χ0v) is 11.0. The molecule has 0 aromatic heterocycles. The van der Waals surface area contributed by atoms with Gasteiger partial charge in [-0.25, -0.2) is 0 Å². The number of rotatable bonds is 2. The minimum Gasteiger partial charge on any atom is -0.355 e. The lowest BCUT2D eigenvalue weighted by molar-refractivity contribution is -0.127. The molecular formula is C13H25N3O. The van der Waals surface area contributed by atoms with E-state index in [1.165, 1.54) is 6.42 Å². The van der Waals surface area contributed by atoms with E-state index in [0.717, 1.165) is 38.9 Å². The second-order valence-electron chi connectivity index (χ2n) is 5.46. The summed E-state index contributed by atoms with van der Waals surface area (Å²) in [6, 6.07) is 0.734. The summed E-state index contributed by atoms with van der Waals surface area (Å²) in [6.07, 6.45) is 4.48. The number of amides is 1. The SMILES string of the molecule is CNC1CCN(C2CCCCNC2=O)CC1C. The Morgan fingerprint density at radius 3 is 2.88 bits per heavy atom. The van der Waals surface area contributed by atoms with Gasteiger partial charge < -0.3 is 10.6 Å². The van der Waals surface area contributed by atoms with Gasteiger partial charge in [0.2, 0.25) is 5.91 Å². The summed E-state index contributed by atoms with van der Waals surface area (Å²) >= 11 is 0. The normalized spacial score (nSPS) is 36.4. The Morgan fingerprint density at radius 1 is 1.35 bits per heavy atom. The molecule has 3 atom stereocenters. The van der Waals surface area contributed by atoms with E-state index in [9.17, 15) is 4.79 Å². The van der Waals surface area contributed by atoms with Crippen molar-refractivity contribution >= 4 is 5.91 Å². The lowest BCUT2D eigenvalue weighted by atomic mass is 9.92. The molecule has 0 bridgehead atoms. The van der Waals surface area contributed by atoms with Gasteiger partial charge in [0.05, 0.1) is 6.04 Å². The molecule has 2 N–H and O–H groups in total. The third-order valence-corrected chi connectivity index (χ3v) is 4.25. The number of hydrogen-bond donors (Lipinski definition) is 2. The molecule has 2 fully saturated rings. The number of nitrogens with one attached hydrogen (secondary N) is 2. The quantitative estimate of drug-likeness (QED) is 0.741. The van der Waals surface area contributed by atoms with E-state index in [0.29, 0.717) is 12.0 Å². The van der Waals surface area contributed by atoms with Crippen LogP contribution >= 0.6 is 0 Å². The van der Waals surface area contributed by atoms with Crippen molar-refractivity contribution in [2.45, 2.75) is 44.7 Å². The van der Waals surface area contributed by atoms with E-state index < -0.39 is 0 Å². The second-order valence-corrected chi connectivity index (χ2v) is 5.46. The second kappa shape index (κ2) is 5.83. The van der Waals surface area contributed by atoms with Crippen LogP contribution in [0.15, 0.2) is 0 Å². The molecule has 4 nitrogen and oxygen atoms in total. The zero-order chi connectivity index (χ0) is 12.3. The monoisotopic (exact) mass is 239 g/mol. The maximum atomic E-state index is 12.0. The molecule has 2 heterocycles. The van der Waals surface area contributed by atoms with Gasteiger partial charge in [-0.1, -0.05) is 6.92 Å². The molecule has 0 radical (unpaired) electrons. The number of carbonyl (C=O) groups is 1. The van der Waals surface area contributed by atoms with Crippen LogP contribution in [0.1, 0.15) is 32.6 Å². The predicted octanol–water partition coefficient (Wildman–Crippen LogP) is 0.585. The first-order chi connectivity index (χ1) is 8.22. The molecule has 0 aromatic rings. The Kier molecular flexibility index (Phi) is 4.40. The molecule has 4 heteroatoms. The Morgan fingerprint density at radius 2 is 2.18 bits per heavy atom. The molecule has 0 saturated carbocycles.